The van der Waals surface area contributed by atoms with Gasteiger partial charge in [0.1, 0.15) is 0 Å². The molecule has 2 saturated heterocycles. The van der Waals surface area contributed by atoms with E-state index in [1.54, 1.807) is 0 Å². The zero-order valence-electron chi connectivity index (χ0n) is 11.2. The molecule has 2 heterocycles. The Morgan fingerprint density at radius 2 is 1.88 bits per heavy atom. The molecule has 0 saturated carbocycles. The summed E-state index contributed by atoms with van der Waals surface area (Å²) in [5, 5.41) is 0. The van der Waals surface area contributed by atoms with Crippen molar-refractivity contribution < 1.29 is 0 Å². The molecule has 0 amide bonds. The first-order valence-electron chi connectivity index (χ1n) is 6.59. The standard InChI is InChI=1S/C15H22N2/c1-12-4-5-14(13(2)8-12)17-7-6-15(11-17)9-16(3)10-15/h4-5,8H,6-7,9-11H2,1-3H3. The number of rotatable bonds is 1. The number of anilines is 1. The molecule has 0 aromatic heterocycles. The third-order valence-electron chi connectivity index (χ3n) is 4.34. The summed E-state index contributed by atoms with van der Waals surface area (Å²) in [4.78, 5) is 5.02. The molecule has 1 aromatic carbocycles. The maximum absolute atomic E-state index is 2.59. The van der Waals surface area contributed by atoms with E-state index in [0.717, 1.165) is 0 Å². The maximum atomic E-state index is 2.59. The number of benzene rings is 1. The Hall–Kier alpha value is -1.02. The monoisotopic (exact) mass is 230 g/mol. The summed E-state index contributed by atoms with van der Waals surface area (Å²) >= 11 is 0. The molecule has 0 aliphatic carbocycles. The molecule has 2 fully saturated rings. The molecular weight excluding hydrogens is 208 g/mol. The molecule has 3 rings (SSSR count). The molecule has 0 atom stereocenters. The molecule has 2 aliphatic heterocycles. The maximum Gasteiger partial charge on any atom is 0.0396 e. The van der Waals surface area contributed by atoms with Crippen LogP contribution in [0.1, 0.15) is 17.5 Å². The van der Waals surface area contributed by atoms with Gasteiger partial charge in [-0.1, -0.05) is 17.7 Å². The minimum atomic E-state index is 0.603. The van der Waals surface area contributed by atoms with Gasteiger partial charge in [0.2, 0.25) is 0 Å². The van der Waals surface area contributed by atoms with Crippen LogP contribution in [0.3, 0.4) is 0 Å². The Kier molecular flexibility index (Phi) is 2.44. The summed E-state index contributed by atoms with van der Waals surface area (Å²) in [6, 6.07) is 6.83. The number of hydrogen-bond acceptors (Lipinski definition) is 2. The number of hydrogen-bond donors (Lipinski definition) is 0. The summed E-state index contributed by atoms with van der Waals surface area (Å²) in [7, 11) is 2.23. The number of aryl methyl sites for hydroxylation is 2. The van der Waals surface area contributed by atoms with Crippen LogP contribution < -0.4 is 4.90 Å². The number of nitrogens with zero attached hydrogens (tertiary/aromatic N) is 2. The highest BCUT2D eigenvalue weighted by Crippen LogP contribution is 2.40. The fraction of sp³-hybridized carbons (Fsp3) is 0.600. The van der Waals surface area contributed by atoms with E-state index in [1.165, 1.54) is 49.4 Å². The second-order valence-electron chi connectivity index (χ2n) is 6.13. The molecule has 0 N–H and O–H groups in total. The van der Waals surface area contributed by atoms with Crippen molar-refractivity contribution in [3.8, 4) is 0 Å². The van der Waals surface area contributed by atoms with E-state index < -0.39 is 0 Å². The summed E-state index contributed by atoms with van der Waals surface area (Å²) < 4.78 is 0. The molecule has 2 aliphatic rings. The zero-order valence-corrected chi connectivity index (χ0v) is 11.2. The SMILES string of the molecule is Cc1ccc(N2CCC3(CN(C)C3)C2)c(C)c1. The second kappa shape index (κ2) is 3.74. The van der Waals surface area contributed by atoms with Crippen molar-refractivity contribution in [2.45, 2.75) is 20.3 Å². The van der Waals surface area contributed by atoms with Crippen molar-refractivity contribution in [1.82, 2.24) is 4.90 Å². The first-order valence-corrected chi connectivity index (χ1v) is 6.59. The van der Waals surface area contributed by atoms with E-state index in [2.05, 4.69) is 48.9 Å². The molecule has 2 heteroatoms. The Morgan fingerprint density at radius 1 is 1.12 bits per heavy atom. The third-order valence-corrected chi connectivity index (χ3v) is 4.34. The van der Waals surface area contributed by atoms with Crippen LogP contribution in [-0.2, 0) is 0 Å². The van der Waals surface area contributed by atoms with Gasteiger partial charge in [0.25, 0.3) is 0 Å². The van der Waals surface area contributed by atoms with Crippen molar-refractivity contribution in [2.75, 3.05) is 38.1 Å². The molecular formula is C15H22N2. The molecule has 1 spiro atoms. The zero-order chi connectivity index (χ0) is 12.0. The lowest BCUT2D eigenvalue weighted by molar-refractivity contribution is 0.0424. The van der Waals surface area contributed by atoms with E-state index in [1.807, 2.05) is 0 Å². The average Bonchev–Trinajstić information content (AvgIpc) is 2.62. The van der Waals surface area contributed by atoms with Crippen molar-refractivity contribution >= 4 is 5.69 Å². The van der Waals surface area contributed by atoms with Crippen LogP contribution >= 0.6 is 0 Å². The van der Waals surface area contributed by atoms with Gasteiger partial charge in [0, 0.05) is 37.3 Å². The van der Waals surface area contributed by atoms with Gasteiger partial charge in [0.15, 0.2) is 0 Å². The quantitative estimate of drug-likeness (QED) is 0.731. The highest BCUT2D eigenvalue weighted by Gasteiger charge is 2.46. The molecule has 92 valence electrons. The van der Waals surface area contributed by atoms with Crippen LogP contribution in [0.4, 0.5) is 5.69 Å². The van der Waals surface area contributed by atoms with Gasteiger partial charge in [-0.05, 0) is 38.9 Å². The van der Waals surface area contributed by atoms with Crippen LogP contribution in [-0.4, -0.2) is 38.1 Å². The highest BCUT2D eigenvalue weighted by atomic mass is 15.3. The van der Waals surface area contributed by atoms with E-state index in [4.69, 9.17) is 0 Å². The van der Waals surface area contributed by atoms with Gasteiger partial charge >= 0.3 is 0 Å². The molecule has 17 heavy (non-hydrogen) atoms. The van der Waals surface area contributed by atoms with E-state index in [9.17, 15) is 0 Å². The fourth-order valence-corrected chi connectivity index (χ4v) is 3.66. The van der Waals surface area contributed by atoms with Gasteiger partial charge in [-0.3, -0.25) is 0 Å². The van der Waals surface area contributed by atoms with Crippen LogP contribution in [0, 0.1) is 19.3 Å². The largest absolute Gasteiger partial charge is 0.371 e. The van der Waals surface area contributed by atoms with Crippen molar-refractivity contribution in [2.24, 2.45) is 5.41 Å². The Labute approximate surface area is 104 Å². The lowest BCUT2D eigenvalue weighted by Gasteiger charge is -2.46. The topological polar surface area (TPSA) is 6.48 Å². The summed E-state index contributed by atoms with van der Waals surface area (Å²) in [5.41, 5.74) is 4.84. The van der Waals surface area contributed by atoms with Crippen LogP contribution in [0.25, 0.3) is 0 Å². The predicted octanol–water partition coefficient (Wildman–Crippen LogP) is 2.45. The van der Waals surface area contributed by atoms with Crippen molar-refractivity contribution in [1.29, 1.82) is 0 Å². The Bertz CT molecular complexity index is 433. The first-order chi connectivity index (χ1) is 8.08. The minimum Gasteiger partial charge on any atom is -0.371 e. The highest BCUT2D eigenvalue weighted by molar-refractivity contribution is 5.55. The summed E-state index contributed by atoms with van der Waals surface area (Å²) in [6.07, 6.45) is 1.37. The van der Waals surface area contributed by atoms with Crippen LogP contribution in [0.5, 0.6) is 0 Å². The van der Waals surface area contributed by atoms with Crippen molar-refractivity contribution in [3.05, 3.63) is 29.3 Å². The van der Waals surface area contributed by atoms with E-state index in [-0.39, 0.29) is 0 Å². The van der Waals surface area contributed by atoms with E-state index in [0.29, 0.717) is 5.41 Å². The average molecular weight is 230 g/mol. The van der Waals surface area contributed by atoms with Gasteiger partial charge in [-0.2, -0.15) is 0 Å². The normalized spacial score (nSPS) is 23.1. The van der Waals surface area contributed by atoms with Gasteiger partial charge in [-0.15, -0.1) is 0 Å². The smallest absolute Gasteiger partial charge is 0.0396 e. The molecule has 0 bridgehead atoms. The summed E-state index contributed by atoms with van der Waals surface area (Å²) in [5.74, 6) is 0. The molecule has 0 radical (unpaired) electrons. The van der Waals surface area contributed by atoms with Crippen molar-refractivity contribution in [3.63, 3.8) is 0 Å². The molecule has 2 nitrogen and oxygen atoms in total. The van der Waals surface area contributed by atoms with Crippen LogP contribution in [0.2, 0.25) is 0 Å². The molecule has 0 unspecified atom stereocenters. The summed E-state index contributed by atoms with van der Waals surface area (Å²) in [6.45, 7) is 9.46. The minimum absolute atomic E-state index is 0.603. The second-order valence-corrected chi connectivity index (χ2v) is 6.13. The number of likely N-dealkylation sites (tertiary alicyclic amines) is 1. The van der Waals surface area contributed by atoms with Gasteiger partial charge in [-0.25, -0.2) is 0 Å². The van der Waals surface area contributed by atoms with Gasteiger partial charge in [0.05, 0.1) is 0 Å². The lowest BCUT2D eigenvalue weighted by atomic mass is 9.79. The Morgan fingerprint density at radius 3 is 2.53 bits per heavy atom. The lowest BCUT2D eigenvalue weighted by Crippen LogP contribution is -2.55. The fourth-order valence-electron chi connectivity index (χ4n) is 3.66. The molecule has 1 aromatic rings. The first kappa shape index (κ1) is 11.1. The van der Waals surface area contributed by atoms with Gasteiger partial charge < -0.3 is 9.80 Å². The predicted molar refractivity (Wildman–Crippen MR) is 72.7 cm³/mol. The third kappa shape index (κ3) is 1.85. The van der Waals surface area contributed by atoms with Crippen LogP contribution in [0.15, 0.2) is 18.2 Å². The Balaban J connectivity index is 1.78. The van der Waals surface area contributed by atoms with E-state index >= 15 is 0 Å².